The lowest BCUT2D eigenvalue weighted by Crippen LogP contribution is -2.49. The van der Waals surface area contributed by atoms with Crippen molar-refractivity contribution >= 4 is 0 Å². The second kappa shape index (κ2) is 16.8. The monoisotopic (exact) mass is 578 g/mol. The molecule has 0 radical (unpaired) electrons. The van der Waals surface area contributed by atoms with E-state index in [1.54, 1.807) is 24.3 Å². The molecule has 0 unspecified atom stereocenters. The molecule has 0 bridgehead atoms. The van der Waals surface area contributed by atoms with Gasteiger partial charge in [0, 0.05) is 0 Å². The summed E-state index contributed by atoms with van der Waals surface area (Å²) in [6.07, 6.45) is -4.72. The van der Waals surface area contributed by atoms with E-state index in [2.05, 4.69) is 0 Å². The Hall–Kier alpha value is -3.50. The van der Waals surface area contributed by atoms with Crippen LogP contribution in [0.3, 0.4) is 0 Å². The molecule has 0 aliphatic heterocycles. The molecule has 4 aromatic carbocycles. The first-order valence-electron chi connectivity index (χ1n) is 13.8. The van der Waals surface area contributed by atoms with Crippen molar-refractivity contribution in [3.8, 4) is 0 Å². The van der Waals surface area contributed by atoms with E-state index < -0.39 is 24.4 Å². The summed E-state index contributed by atoms with van der Waals surface area (Å²) in [6.45, 7) is 0.385. The van der Waals surface area contributed by atoms with Gasteiger partial charge in [-0.2, -0.15) is 0 Å². The fourth-order valence-electron chi connectivity index (χ4n) is 4.32. The van der Waals surface area contributed by atoms with Crippen molar-refractivity contribution in [1.82, 2.24) is 0 Å². The predicted octanol–water partition coefficient (Wildman–Crippen LogP) is 5.59. The summed E-state index contributed by atoms with van der Waals surface area (Å²) < 4.78 is 50.8. The fraction of sp³-hybridized carbons (Fsp3) is 0.294. The Bertz CT molecular complexity index is 1220. The van der Waals surface area contributed by atoms with E-state index in [1.807, 2.05) is 60.7 Å². The van der Waals surface area contributed by atoms with Crippen molar-refractivity contribution in [2.45, 2.75) is 50.8 Å². The first kappa shape index (κ1) is 31.4. The number of benzene rings is 4. The zero-order valence-electron chi connectivity index (χ0n) is 23.2. The molecule has 42 heavy (non-hydrogen) atoms. The lowest BCUT2D eigenvalue weighted by molar-refractivity contribution is -0.170. The maximum absolute atomic E-state index is 13.6. The lowest BCUT2D eigenvalue weighted by atomic mass is 10.0. The van der Waals surface area contributed by atoms with Crippen LogP contribution in [0.1, 0.15) is 22.3 Å². The van der Waals surface area contributed by atoms with Crippen LogP contribution in [0.15, 0.2) is 109 Å². The molecule has 2 N–H and O–H groups in total. The van der Waals surface area contributed by atoms with Gasteiger partial charge in [-0.15, -0.1) is 0 Å². The smallest absolute Gasteiger partial charge is 0.123 e. The van der Waals surface area contributed by atoms with Gasteiger partial charge in [0.2, 0.25) is 0 Å². The number of aliphatic hydroxyl groups is 2. The molecule has 4 aromatic rings. The topological polar surface area (TPSA) is 77.4 Å². The van der Waals surface area contributed by atoms with E-state index in [4.69, 9.17) is 18.9 Å². The zero-order valence-corrected chi connectivity index (χ0v) is 23.2. The number of hydrogen-bond donors (Lipinski definition) is 2. The molecule has 0 saturated heterocycles. The Morgan fingerprint density at radius 3 is 1.24 bits per heavy atom. The highest BCUT2D eigenvalue weighted by Gasteiger charge is 2.34. The van der Waals surface area contributed by atoms with Crippen molar-refractivity contribution in [3.05, 3.63) is 143 Å². The molecular formula is C34H36F2O6. The molecule has 4 rings (SSSR count). The van der Waals surface area contributed by atoms with Crippen LogP contribution in [-0.2, 0) is 45.4 Å². The fourth-order valence-corrected chi connectivity index (χ4v) is 4.32. The van der Waals surface area contributed by atoms with Gasteiger partial charge in [-0.25, -0.2) is 8.78 Å². The van der Waals surface area contributed by atoms with E-state index in [0.29, 0.717) is 11.1 Å². The van der Waals surface area contributed by atoms with Gasteiger partial charge in [0.25, 0.3) is 0 Å². The quantitative estimate of drug-likeness (QED) is 0.170. The van der Waals surface area contributed by atoms with Gasteiger partial charge in [0.15, 0.2) is 0 Å². The highest BCUT2D eigenvalue weighted by Crippen LogP contribution is 2.18. The molecule has 6 nitrogen and oxygen atoms in total. The lowest BCUT2D eigenvalue weighted by Gasteiger charge is -2.32. The third kappa shape index (κ3) is 10.4. The van der Waals surface area contributed by atoms with Gasteiger partial charge < -0.3 is 29.2 Å². The zero-order chi connectivity index (χ0) is 29.6. The predicted molar refractivity (Wildman–Crippen MR) is 154 cm³/mol. The Labute approximate surface area is 245 Å². The molecule has 0 spiro atoms. The second-order valence-electron chi connectivity index (χ2n) is 9.94. The first-order chi connectivity index (χ1) is 20.5. The van der Waals surface area contributed by atoms with Crippen LogP contribution in [0.2, 0.25) is 0 Å². The largest absolute Gasteiger partial charge is 0.388 e. The molecule has 222 valence electrons. The molecular weight excluding hydrogens is 542 g/mol. The maximum atomic E-state index is 13.6. The average Bonchev–Trinajstić information content (AvgIpc) is 3.01. The molecule has 0 heterocycles. The van der Waals surface area contributed by atoms with Crippen LogP contribution in [0.5, 0.6) is 0 Å². The minimum Gasteiger partial charge on any atom is -0.388 e. The minimum absolute atomic E-state index is 0.0723. The highest BCUT2D eigenvalue weighted by molar-refractivity contribution is 5.17. The van der Waals surface area contributed by atoms with Crippen molar-refractivity contribution in [1.29, 1.82) is 0 Å². The summed E-state index contributed by atoms with van der Waals surface area (Å²) >= 11 is 0. The van der Waals surface area contributed by atoms with E-state index in [9.17, 15) is 19.0 Å². The van der Waals surface area contributed by atoms with Crippen LogP contribution in [0.4, 0.5) is 8.78 Å². The van der Waals surface area contributed by atoms with Gasteiger partial charge in [-0.05, 0) is 46.5 Å². The Morgan fingerprint density at radius 2 is 0.857 bits per heavy atom. The van der Waals surface area contributed by atoms with Gasteiger partial charge in [0.1, 0.15) is 36.1 Å². The third-order valence-corrected chi connectivity index (χ3v) is 6.61. The summed E-state index contributed by atoms with van der Waals surface area (Å²) in [6, 6.07) is 30.9. The highest BCUT2D eigenvalue weighted by atomic mass is 19.1. The molecule has 0 fully saturated rings. The van der Waals surface area contributed by atoms with Gasteiger partial charge in [-0.1, -0.05) is 84.9 Å². The van der Waals surface area contributed by atoms with Crippen molar-refractivity contribution < 1.29 is 37.9 Å². The van der Waals surface area contributed by atoms with E-state index in [-0.39, 0.29) is 51.3 Å². The molecule has 8 heteroatoms. The summed E-state index contributed by atoms with van der Waals surface area (Å²) in [5.41, 5.74) is 3.01. The van der Waals surface area contributed by atoms with Gasteiger partial charge in [-0.3, -0.25) is 0 Å². The van der Waals surface area contributed by atoms with E-state index >= 15 is 0 Å². The van der Waals surface area contributed by atoms with Crippen molar-refractivity contribution in [2.24, 2.45) is 0 Å². The molecule has 0 aromatic heterocycles. The molecule has 0 saturated carbocycles. The summed E-state index contributed by atoms with van der Waals surface area (Å²) in [7, 11) is 0. The number of ether oxygens (including phenoxy) is 4. The minimum atomic E-state index is -1.42. The normalized spacial score (nSPS) is 14.3. The molecule has 0 aliphatic carbocycles. The number of aliphatic hydroxyl groups excluding tert-OH is 2. The molecule has 0 aliphatic rings. The van der Waals surface area contributed by atoms with Crippen molar-refractivity contribution in [3.63, 3.8) is 0 Å². The number of hydrogen-bond acceptors (Lipinski definition) is 6. The average molecular weight is 579 g/mol. The van der Waals surface area contributed by atoms with Crippen LogP contribution < -0.4 is 0 Å². The Morgan fingerprint density at radius 1 is 0.476 bits per heavy atom. The van der Waals surface area contributed by atoms with Crippen LogP contribution in [0.25, 0.3) is 0 Å². The summed E-state index contributed by atoms with van der Waals surface area (Å²) in [5.74, 6) is -0.750. The van der Waals surface area contributed by atoms with Crippen LogP contribution in [-0.4, -0.2) is 47.8 Å². The van der Waals surface area contributed by atoms with Crippen molar-refractivity contribution in [2.75, 3.05) is 13.2 Å². The Balaban J connectivity index is 1.43. The summed E-state index contributed by atoms with van der Waals surface area (Å²) in [4.78, 5) is 0. The van der Waals surface area contributed by atoms with Gasteiger partial charge >= 0.3 is 0 Å². The first-order valence-corrected chi connectivity index (χ1v) is 13.8. The number of rotatable bonds is 17. The van der Waals surface area contributed by atoms with E-state index in [1.165, 1.54) is 24.3 Å². The molecule has 0 amide bonds. The van der Waals surface area contributed by atoms with Gasteiger partial charge in [0.05, 0.1) is 39.6 Å². The SMILES string of the molecule is O[C@@H]([C@H](O)[C@@H](COCc1cccc(F)c1)OCc1ccccc1)[C@@H](COCc1cccc(F)c1)OCc1ccccc1. The Kier molecular flexibility index (Phi) is 12.6. The van der Waals surface area contributed by atoms with Crippen LogP contribution >= 0.6 is 0 Å². The van der Waals surface area contributed by atoms with Crippen LogP contribution in [0, 0.1) is 11.6 Å². The maximum Gasteiger partial charge on any atom is 0.123 e. The van der Waals surface area contributed by atoms with E-state index in [0.717, 1.165) is 11.1 Å². The second-order valence-corrected chi connectivity index (χ2v) is 9.94. The summed E-state index contributed by atoms with van der Waals surface area (Å²) in [5, 5.41) is 22.6. The third-order valence-electron chi connectivity index (χ3n) is 6.61. The number of halogens is 2. The standard InChI is InChI=1S/C34H36F2O6/c35-29-15-7-13-27(17-29)19-39-23-31(41-21-25-9-3-1-4-10-25)33(37)34(38)32(42-22-26-11-5-2-6-12-26)24-40-20-28-14-8-16-30(36)18-28/h1-18,31-34,37-38H,19-24H2/t31-,32-,33-,34-/m1/s1. The molecule has 4 atom stereocenters.